The average molecular weight is 387 g/mol. The number of rotatable bonds is 6. The third-order valence-electron chi connectivity index (χ3n) is 4.42. The van der Waals surface area contributed by atoms with Crippen molar-refractivity contribution in [2.75, 3.05) is 11.4 Å². The maximum Gasteiger partial charge on any atom is 0.227 e. The summed E-state index contributed by atoms with van der Waals surface area (Å²) in [5.41, 5.74) is 1.67. The van der Waals surface area contributed by atoms with Gasteiger partial charge >= 0.3 is 0 Å². The van der Waals surface area contributed by atoms with Gasteiger partial charge in [0.2, 0.25) is 11.8 Å². The van der Waals surface area contributed by atoms with Gasteiger partial charge in [0.15, 0.2) is 0 Å². The zero-order valence-corrected chi connectivity index (χ0v) is 16.2. The summed E-state index contributed by atoms with van der Waals surface area (Å²) in [7, 11) is 0. The molecule has 2 amide bonds. The lowest BCUT2D eigenvalue weighted by Crippen LogP contribution is -2.32. The van der Waals surface area contributed by atoms with Gasteiger partial charge in [-0.15, -0.1) is 0 Å². The number of benzene rings is 2. The Hall–Kier alpha value is -2.53. The van der Waals surface area contributed by atoms with Crippen LogP contribution in [0.4, 0.5) is 5.69 Å². The highest BCUT2D eigenvalue weighted by atomic mass is 35.5. The molecule has 1 fully saturated rings. The van der Waals surface area contributed by atoms with Crippen molar-refractivity contribution in [1.29, 1.82) is 0 Å². The quantitative estimate of drug-likeness (QED) is 0.821. The Morgan fingerprint density at radius 3 is 2.63 bits per heavy atom. The molecule has 1 aliphatic heterocycles. The second-order valence-corrected chi connectivity index (χ2v) is 7.31. The monoisotopic (exact) mass is 386 g/mol. The number of anilines is 1. The molecule has 1 saturated heterocycles. The number of halogens is 1. The van der Waals surface area contributed by atoms with E-state index in [1.54, 1.807) is 29.2 Å². The lowest BCUT2D eigenvalue weighted by Gasteiger charge is -2.17. The van der Waals surface area contributed by atoms with E-state index in [0.717, 1.165) is 17.0 Å². The molecule has 2 aromatic carbocycles. The van der Waals surface area contributed by atoms with Crippen molar-refractivity contribution in [3.8, 4) is 5.75 Å². The smallest absolute Gasteiger partial charge is 0.227 e. The van der Waals surface area contributed by atoms with E-state index in [2.05, 4.69) is 5.32 Å². The predicted molar refractivity (Wildman–Crippen MR) is 106 cm³/mol. The molecule has 1 heterocycles. The van der Waals surface area contributed by atoms with Crippen LogP contribution in [-0.2, 0) is 16.1 Å². The van der Waals surface area contributed by atoms with Gasteiger partial charge in [-0.3, -0.25) is 9.59 Å². The van der Waals surface area contributed by atoms with Crippen LogP contribution in [0.1, 0.15) is 25.8 Å². The Labute approximate surface area is 164 Å². The van der Waals surface area contributed by atoms with Crippen molar-refractivity contribution in [2.45, 2.75) is 32.9 Å². The molecule has 0 radical (unpaired) electrons. The Kier molecular flexibility index (Phi) is 6.01. The third-order valence-corrected chi connectivity index (χ3v) is 4.67. The average Bonchev–Trinajstić information content (AvgIpc) is 3.03. The molecule has 142 valence electrons. The highest BCUT2D eigenvalue weighted by Gasteiger charge is 2.35. The summed E-state index contributed by atoms with van der Waals surface area (Å²) in [6.07, 6.45) is 0.265. The van der Waals surface area contributed by atoms with Gasteiger partial charge in [0, 0.05) is 35.8 Å². The van der Waals surface area contributed by atoms with Gasteiger partial charge in [0.05, 0.1) is 12.0 Å². The molecular weight excluding hydrogens is 364 g/mol. The molecule has 1 N–H and O–H groups in total. The maximum atomic E-state index is 12.6. The first-order chi connectivity index (χ1) is 12.9. The Morgan fingerprint density at radius 2 is 1.93 bits per heavy atom. The maximum absolute atomic E-state index is 12.6. The van der Waals surface area contributed by atoms with Gasteiger partial charge in [-0.25, -0.2) is 0 Å². The standard InChI is InChI=1S/C21H23ClN2O3/c1-14(2)27-19-6-4-3-5-15(19)12-23-21(26)16-11-20(25)24(13-16)18-9-7-17(22)8-10-18/h3-10,14,16H,11-13H2,1-2H3,(H,23,26)/t16-/m0/s1. The SMILES string of the molecule is CC(C)Oc1ccccc1CNC(=O)[C@H]1CC(=O)N(c2ccc(Cl)cc2)C1. The fourth-order valence-corrected chi connectivity index (χ4v) is 3.23. The van der Waals surface area contributed by atoms with Crippen molar-refractivity contribution in [1.82, 2.24) is 5.32 Å². The number of nitrogens with one attached hydrogen (secondary N) is 1. The number of nitrogens with zero attached hydrogens (tertiary/aromatic N) is 1. The van der Waals surface area contributed by atoms with Crippen LogP contribution in [0.25, 0.3) is 0 Å². The van der Waals surface area contributed by atoms with Gasteiger partial charge in [0.25, 0.3) is 0 Å². The van der Waals surface area contributed by atoms with E-state index >= 15 is 0 Å². The summed E-state index contributed by atoms with van der Waals surface area (Å²) in [6.45, 7) is 4.67. The van der Waals surface area contributed by atoms with E-state index in [1.165, 1.54) is 0 Å². The van der Waals surface area contributed by atoms with Crippen molar-refractivity contribution in [2.24, 2.45) is 5.92 Å². The zero-order valence-electron chi connectivity index (χ0n) is 15.4. The lowest BCUT2D eigenvalue weighted by molar-refractivity contribution is -0.126. The van der Waals surface area contributed by atoms with E-state index in [9.17, 15) is 9.59 Å². The Bertz CT molecular complexity index is 820. The largest absolute Gasteiger partial charge is 0.491 e. The summed E-state index contributed by atoms with van der Waals surface area (Å²) >= 11 is 5.90. The number of amides is 2. The van der Waals surface area contributed by atoms with Crippen LogP contribution in [0.15, 0.2) is 48.5 Å². The number of carbonyl (C=O) groups excluding carboxylic acids is 2. The molecule has 0 saturated carbocycles. The van der Waals surface area contributed by atoms with Crippen LogP contribution in [-0.4, -0.2) is 24.5 Å². The number of ether oxygens (including phenoxy) is 1. The Balaban J connectivity index is 1.61. The van der Waals surface area contributed by atoms with E-state index in [4.69, 9.17) is 16.3 Å². The van der Waals surface area contributed by atoms with Crippen LogP contribution in [0, 0.1) is 5.92 Å². The summed E-state index contributed by atoms with van der Waals surface area (Å²) in [4.78, 5) is 26.5. The number of para-hydroxylation sites is 1. The fraction of sp³-hybridized carbons (Fsp3) is 0.333. The predicted octanol–water partition coefficient (Wildman–Crippen LogP) is 3.80. The van der Waals surface area contributed by atoms with E-state index in [-0.39, 0.29) is 30.3 Å². The molecule has 3 rings (SSSR count). The molecular formula is C21H23ClN2O3. The van der Waals surface area contributed by atoms with Crippen molar-refractivity contribution < 1.29 is 14.3 Å². The summed E-state index contributed by atoms with van der Waals surface area (Å²) in [5, 5.41) is 3.55. The molecule has 5 nitrogen and oxygen atoms in total. The first-order valence-corrected chi connectivity index (χ1v) is 9.40. The van der Waals surface area contributed by atoms with E-state index in [1.807, 2.05) is 38.1 Å². The molecule has 2 aromatic rings. The molecule has 27 heavy (non-hydrogen) atoms. The second-order valence-electron chi connectivity index (χ2n) is 6.87. The minimum atomic E-state index is -0.369. The molecule has 0 spiro atoms. The van der Waals surface area contributed by atoms with Gasteiger partial charge in [0.1, 0.15) is 5.75 Å². The van der Waals surface area contributed by atoms with Crippen LogP contribution in [0.3, 0.4) is 0 Å². The molecule has 1 aliphatic rings. The molecule has 0 bridgehead atoms. The van der Waals surface area contributed by atoms with Gasteiger partial charge in [-0.2, -0.15) is 0 Å². The fourth-order valence-electron chi connectivity index (χ4n) is 3.10. The minimum Gasteiger partial charge on any atom is -0.491 e. The summed E-state index contributed by atoms with van der Waals surface area (Å²) in [6, 6.07) is 14.7. The van der Waals surface area contributed by atoms with Crippen LogP contribution in [0.2, 0.25) is 5.02 Å². The molecule has 0 unspecified atom stereocenters. The highest BCUT2D eigenvalue weighted by molar-refractivity contribution is 6.30. The second kappa shape index (κ2) is 8.44. The molecule has 1 atom stereocenters. The topological polar surface area (TPSA) is 58.6 Å². The van der Waals surface area contributed by atoms with Crippen LogP contribution in [0.5, 0.6) is 5.75 Å². The van der Waals surface area contributed by atoms with Crippen molar-refractivity contribution in [3.05, 3.63) is 59.1 Å². The molecule has 6 heteroatoms. The van der Waals surface area contributed by atoms with Crippen LogP contribution < -0.4 is 15.0 Å². The number of carbonyl (C=O) groups is 2. The van der Waals surface area contributed by atoms with Crippen molar-refractivity contribution in [3.63, 3.8) is 0 Å². The van der Waals surface area contributed by atoms with Gasteiger partial charge in [-0.05, 0) is 44.2 Å². The van der Waals surface area contributed by atoms with Gasteiger partial charge < -0.3 is 15.0 Å². The third kappa shape index (κ3) is 4.80. The normalized spacial score (nSPS) is 16.7. The zero-order chi connectivity index (χ0) is 19.4. The van der Waals surface area contributed by atoms with Crippen molar-refractivity contribution >= 4 is 29.1 Å². The van der Waals surface area contributed by atoms with Crippen LogP contribution >= 0.6 is 11.6 Å². The first-order valence-electron chi connectivity index (χ1n) is 9.02. The van der Waals surface area contributed by atoms with Gasteiger partial charge in [-0.1, -0.05) is 29.8 Å². The lowest BCUT2D eigenvalue weighted by atomic mass is 10.1. The summed E-state index contributed by atoms with van der Waals surface area (Å²) < 4.78 is 5.78. The molecule has 0 aromatic heterocycles. The first kappa shape index (κ1) is 19.2. The summed E-state index contributed by atoms with van der Waals surface area (Å²) in [5.74, 6) is 0.213. The number of hydrogen-bond acceptors (Lipinski definition) is 3. The Morgan fingerprint density at radius 1 is 1.22 bits per heavy atom. The number of hydrogen-bond donors (Lipinski definition) is 1. The highest BCUT2D eigenvalue weighted by Crippen LogP contribution is 2.27. The molecule has 0 aliphatic carbocycles. The van der Waals surface area contributed by atoms with E-state index < -0.39 is 0 Å². The minimum absolute atomic E-state index is 0.0546. The van der Waals surface area contributed by atoms with E-state index in [0.29, 0.717) is 18.1 Å².